The van der Waals surface area contributed by atoms with Crippen LogP contribution in [-0.4, -0.2) is 41.4 Å². The quantitative estimate of drug-likeness (QED) is 0.369. The van der Waals surface area contributed by atoms with Crippen molar-refractivity contribution in [2.24, 2.45) is 0 Å². The molecule has 0 aliphatic carbocycles. The molecule has 3 N–H and O–H groups in total. The Bertz CT molecular complexity index is 1300. The normalized spacial score (nSPS) is 11.7. The highest BCUT2D eigenvalue weighted by molar-refractivity contribution is 6.04. The van der Waals surface area contributed by atoms with Crippen LogP contribution in [0, 0.1) is 0 Å². The van der Waals surface area contributed by atoms with E-state index in [0.717, 1.165) is 11.1 Å². The van der Waals surface area contributed by atoms with Crippen LogP contribution in [0.5, 0.6) is 11.5 Å². The van der Waals surface area contributed by atoms with Crippen LogP contribution in [0.4, 0.5) is 5.82 Å². The minimum Gasteiger partial charge on any atom is -0.497 e. The van der Waals surface area contributed by atoms with Gasteiger partial charge in [-0.15, -0.1) is 0 Å². The van der Waals surface area contributed by atoms with Crippen molar-refractivity contribution in [2.75, 3.05) is 19.5 Å². The summed E-state index contributed by atoms with van der Waals surface area (Å²) < 4.78 is 10.8. The van der Waals surface area contributed by atoms with Crippen molar-refractivity contribution < 1.29 is 24.2 Å². The summed E-state index contributed by atoms with van der Waals surface area (Å²) in [5, 5.41) is 20.0. The van der Waals surface area contributed by atoms with E-state index in [0.29, 0.717) is 33.8 Å². The SMILES string of the molecule is COc1ccc(OC)c(-c2ccc3c(NC(=O)C(CC(=O)O)c4ccccc4)n[nH]c3c2)c1. The number of rotatable bonds is 8. The Balaban J connectivity index is 1.64. The molecule has 0 fully saturated rings. The van der Waals surface area contributed by atoms with E-state index in [1.807, 2.05) is 42.5 Å². The first kappa shape index (κ1) is 21.9. The molecular weight excluding hydrogens is 422 g/mol. The molecule has 0 aliphatic rings. The van der Waals surface area contributed by atoms with Crippen molar-refractivity contribution in [2.45, 2.75) is 12.3 Å². The number of methoxy groups -OCH3 is 2. The van der Waals surface area contributed by atoms with E-state index < -0.39 is 17.8 Å². The largest absolute Gasteiger partial charge is 0.497 e. The lowest BCUT2D eigenvalue weighted by Gasteiger charge is -2.14. The number of aromatic nitrogens is 2. The van der Waals surface area contributed by atoms with Gasteiger partial charge in [0.2, 0.25) is 5.91 Å². The van der Waals surface area contributed by atoms with Crippen LogP contribution < -0.4 is 14.8 Å². The van der Waals surface area contributed by atoms with E-state index >= 15 is 0 Å². The second kappa shape index (κ2) is 9.44. The van der Waals surface area contributed by atoms with Crippen molar-refractivity contribution in [1.29, 1.82) is 0 Å². The maximum absolute atomic E-state index is 13.0. The molecule has 4 aromatic rings. The zero-order valence-electron chi connectivity index (χ0n) is 18.2. The maximum atomic E-state index is 13.0. The number of anilines is 1. The number of carbonyl (C=O) groups is 2. The third-order valence-electron chi connectivity index (χ3n) is 5.42. The van der Waals surface area contributed by atoms with Crippen LogP contribution in [-0.2, 0) is 9.59 Å². The van der Waals surface area contributed by atoms with Gasteiger partial charge in [-0.25, -0.2) is 0 Å². The molecule has 168 valence electrons. The monoisotopic (exact) mass is 445 g/mol. The summed E-state index contributed by atoms with van der Waals surface area (Å²) in [7, 11) is 3.21. The Hall–Kier alpha value is -4.33. The summed E-state index contributed by atoms with van der Waals surface area (Å²) in [6.45, 7) is 0. The maximum Gasteiger partial charge on any atom is 0.304 e. The Morgan fingerprint density at radius 3 is 2.52 bits per heavy atom. The number of nitrogens with one attached hydrogen (secondary N) is 2. The van der Waals surface area contributed by atoms with E-state index in [4.69, 9.17) is 9.47 Å². The minimum atomic E-state index is -1.05. The van der Waals surface area contributed by atoms with Gasteiger partial charge in [-0.3, -0.25) is 14.7 Å². The van der Waals surface area contributed by atoms with Gasteiger partial charge in [0, 0.05) is 10.9 Å². The fourth-order valence-corrected chi connectivity index (χ4v) is 3.75. The standard InChI is InChI=1S/C25H23N3O5/c1-32-17-9-11-22(33-2)19(13-17)16-8-10-18-21(12-16)27-28-24(18)26-25(31)20(14-23(29)30)15-6-4-3-5-7-15/h3-13,20H,14H2,1-2H3,(H,29,30)(H2,26,27,28,31). The first-order valence-corrected chi connectivity index (χ1v) is 10.3. The first-order valence-electron chi connectivity index (χ1n) is 10.3. The molecule has 1 aromatic heterocycles. The molecule has 0 bridgehead atoms. The topological polar surface area (TPSA) is 114 Å². The lowest BCUT2D eigenvalue weighted by Crippen LogP contribution is -2.23. The summed E-state index contributed by atoms with van der Waals surface area (Å²) in [5.41, 5.74) is 3.07. The summed E-state index contributed by atoms with van der Waals surface area (Å²) in [4.78, 5) is 24.3. The summed E-state index contributed by atoms with van der Waals surface area (Å²) in [6, 6.07) is 20.0. The predicted octanol–water partition coefficient (Wildman–Crippen LogP) is 4.44. The molecule has 33 heavy (non-hydrogen) atoms. The third kappa shape index (κ3) is 4.64. The van der Waals surface area contributed by atoms with Gasteiger partial charge < -0.3 is 19.9 Å². The van der Waals surface area contributed by atoms with Gasteiger partial charge in [-0.2, -0.15) is 5.10 Å². The van der Waals surface area contributed by atoms with E-state index in [1.165, 1.54) is 0 Å². The van der Waals surface area contributed by atoms with Gasteiger partial charge in [0.1, 0.15) is 11.5 Å². The molecule has 0 saturated heterocycles. The molecule has 0 spiro atoms. The van der Waals surface area contributed by atoms with Crippen molar-refractivity contribution in [3.05, 3.63) is 72.3 Å². The molecule has 0 aliphatic heterocycles. The number of H-pyrrole nitrogens is 1. The average Bonchev–Trinajstić information content (AvgIpc) is 3.24. The number of fused-ring (bicyclic) bond motifs is 1. The number of aliphatic carboxylic acids is 1. The number of amides is 1. The fraction of sp³-hybridized carbons (Fsp3) is 0.160. The van der Waals surface area contributed by atoms with Crippen LogP contribution in [0.25, 0.3) is 22.0 Å². The van der Waals surface area contributed by atoms with Gasteiger partial charge in [-0.05, 0) is 41.5 Å². The Morgan fingerprint density at radius 1 is 1.03 bits per heavy atom. The zero-order chi connectivity index (χ0) is 23.4. The predicted molar refractivity (Wildman–Crippen MR) is 125 cm³/mol. The lowest BCUT2D eigenvalue weighted by molar-refractivity contribution is -0.139. The molecule has 0 saturated carbocycles. The smallest absolute Gasteiger partial charge is 0.304 e. The fourth-order valence-electron chi connectivity index (χ4n) is 3.75. The van der Waals surface area contributed by atoms with Gasteiger partial charge in [0.25, 0.3) is 0 Å². The number of nitrogens with zero attached hydrogens (tertiary/aromatic N) is 1. The second-order valence-electron chi connectivity index (χ2n) is 7.45. The molecule has 3 aromatic carbocycles. The molecule has 1 heterocycles. The number of ether oxygens (including phenoxy) is 2. The number of benzene rings is 3. The number of hydrogen-bond donors (Lipinski definition) is 3. The molecule has 4 rings (SSSR count). The molecule has 1 amide bonds. The van der Waals surface area contributed by atoms with Crippen molar-refractivity contribution in [1.82, 2.24) is 10.2 Å². The lowest BCUT2D eigenvalue weighted by atomic mass is 9.95. The van der Waals surface area contributed by atoms with Gasteiger partial charge >= 0.3 is 5.97 Å². The van der Waals surface area contributed by atoms with Crippen LogP contribution in [0.1, 0.15) is 17.9 Å². The average molecular weight is 445 g/mol. The molecule has 1 unspecified atom stereocenters. The zero-order valence-corrected chi connectivity index (χ0v) is 18.2. The van der Waals surface area contributed by atoms with Gasteiger partial charge in [0.15, 0.2) is 5.82 Å². The van der Waals surface area contributed by atoms with Crippen LogP contribution >= 0.6 is 0 Å². The highest BCUT2D eigenvalue weighted by atomic mass is 16.5. The third-order valence-corrected chi connectivity index (χ3v) is 5.42. The van der Waals surface area contributed by atoms with E-state index in [2.05, 4.69) is 15.5 Å². The number of aromatic amines is 1. The van der Waals surface area contributed by atoms with Crippen molar-refractivity contribution in [3.8, 4) is 22.6 Å². The molecular formula is C25H23N3O5. The van der Waals surface area contributed by atoms with Gasteiger partial charge in [-0.1, -0.05) is 36.4 Å². The number of carboxylic acids is 1. The summed E-state index contributed by atoms with van der Waals surface area (Å²) >= 11 is 0. The van der Waals surface area contributed by atoms with Crippen LogP contribution in [0.2, 0.25) is 0 Å². The number of carbonyl (C=O) groups excluding carboxylic acids is 1. The minimum absolute atomic E-state index is 0.321. The molecule has 8 nitrogen and oxygen atoms in total. The first-order chi connectivity index (χ1) is 16.0. The van der Waals surface area contributed by atoms with Crippen molar-refractivity contribution in [3.63, 3.8) is 0 Å². The summed E-state index contributed by atoms with van der Waals surface area (Å²) in [5.74, 6) is -0.587. The Labute approximate surface area is 190 Å². The molecule has 1 atom stereocenters. The summed E-state index contributed by atoms with van der Waals surface area (Å²) in [6.07, 6.45) is -0.321. The van der Waals surface area contributed by atoms with E-state index in [1.54, 1.807) is 38.5 Å². The second-order valence-corrected chi connectivity index (χ2v) is 7.45. The Morgan fingerprint density at radius 2 is 1.82 bits per heavy atom. The van der Waals surface area contributed by atoms with E-state index in [-0.39, 0.29) is 6.42 Å². The Kier molecular flexibility index (Phi) is 6.26. The van der Waals surface area contributed by atoms with Crippen molar-refractivity contribution >= 4 is 28.6 Å². The van der Waals surface area contributed by atoms with Crippen LogP contribution in [0.3, 0.4) is 0 Å². The highest BCUT2D eigenvalue weighted by Crippen LogP contribution is 2.35. The highest BCUT2D eigenvalue weighted by Gasteiger charge is 2.25. The molecule has 8 heteroatoms. The van der Waals surface area contributed by atoms with Gasteiger partial charge in [0.05, 0.1) is 32.1 Å². The van der Waals surface area contributed by atoms with Crippen LogP contribution in [0.15, 0.2) is 66.7 Å². The molecule has 0 radical (unpaired) electrons. The number of carboxylic acid groups (broad SMARTS) is 1. The van der Waals surface area contributed by atoms with E-state index in [9.17, 15) is 14.7 Å². The number of hydrogen-bond acceptors (Lipinski definition) is 5.